The zero-order valence-electron chi connectivity index (χ0n) is 14.5. The molecule has 1 aromatic heterocycles. The fraction of sp³-hybridized carbons (Fsp3) is 0.150. The van der Waals surface area contributed by atoms with E-state index in [-0.39, 0.29) is 0 Å². The van der Waals surface area contributed by atoms with Crippen LogP contribution in [0, 0.1) is 0 Å². The van der Waals surface area contributed by atoms with E-state index >= 15 is 0 Å². The number of guanidine groups is 1. The molecule has 0 saturated heterocycles. The summed E-state index contributed by atoms with van der Waals surface area (Å²) in [6.45, 7) is 0. The van der Waals surface area contributed by atoms with Crippen molar-refractivity contribution >= 4 is 22.6 Å². The maximum absolute atomic E-state index is 6.61. The Labute approximate surface area is 151 Å². The van der Waals surface area contributed by atoms with Crippen molar-refractivity contribution in [3.05, 3.63) is 71.9 Å². The number of nitrogens with one attached hydrogen (secondary N) is 2. The second-order valence-electron chi connectivity index (χ2n) is 6.50. The van der Waals surface area contributed by atoms with Crippen LogP contribution in [0.2, 0.25) is 0 Å². The van der Waals surface area contributed by atoms with Crippen LogP contribution < -0.4 is 21.5 Å². The molecule has 6 N–H and O–H groups in total. The molecule has 3 aromatic rings. The summed E-state index contributed by atoms with van der Waals surface area (Å²) in [5.41, 5.74) is 15.7. The maximum Gasteiger partial charge on any atom is 0.195 e. The van der Waals surface area contributed by atoms with Crippen molar-refractivity contribution in [3.8, 4) is 5.75 Å². The summed E-state index contributed by atoms with van der Waals surface area (Å²) in [5.74, 6) is 1.06. The molecule has 1 unspecified atom stereocenters. The van der Waals surface area contributed by atoms with Gasteiger partial charge in [0.2, 0.25) is 0 Å². The fourth-order valence-corrected chi connectivity index (χ4v) is 3.28. The van der Waals surface area contributed by atoms with Gasteiger partial charge in [0.05, 0.1) is 12.8 Å². The minimum atomic E-state index is -0.825. The molecule has 4 rings (SSSR count). The van der Waals surface area contributed by atoms with Crippen molar-refractivity contribution < 1.29 is 4.74 Å². The van der Waals surface area contributed by atoms with E-state index in [1.807, 2.05) is 42.6 Å². The Morgan fingerprint density at radius 1 is 1.15 bits per heavy atom. The molecule has 2 heterocycles. The van der Waals surface area contributed by atoms with Crippen molar-refractivity contribution in [2.75, 3.05) is 7.11 Å². The van der Waals surface area contributed by atoms with Crippen LogP contribution in [0.4, 0.5) is 0 Å². The monoisotopic (exact) mass is 347 g/mol. The fourth-order valence-electron chi connectivity index (χ4n) is 3.28. The largest absolute Gasteiger partial charge is 0.497 e. The molecule has 1 aliphatic heterocycles. The summed E-state index contributed by atoms with van der Waals surface area (Å²) in [6.07, 6.45) is 4.42. The highest BCUT2D eigenvalue weighted by atomic mass is 16.5. The lowest BCUT2D eigenvalue weighted by Gasteiger charge is -2.32. The molecule has 0 spiro atoms. The second kappa shape index (κ2) is 6.24. The predicted molar refractivity (Wildman–Crippen MR) is 105 cm³/mol. The summed E-state index contributed by atoms with van der Waals surface area (Å²) < 4.78 is 5.30. The molecule has 2 aromatic carbocycles. The number of nitrogens with zero attached hydrogens (tertiary/aromatic N) is 1. The SMILES string of the molecule is COc1cccc(C2=CC(N)(Cc3ccc4[nH]ccc4c3)NC(N)=N2)c1. The quantitative estimate of drug-likeness (QED) is 0.582. The molecule has 0 aliphatic carbocycles. The maximum atomic E-state index is 6.61. The number of rotatable bonds is 4. The average Bonchev–Trinajstić information content (AvgIpc) is 3.08. The molecular weight excluding hydrogens is 326 g/mol. The molecule has 0 amide bonds. The van der Waals surface area contributed by atoms with Crippen LogP contribution in [-0.2, 0) is 6.42 Å². The molecular formula is C20H21N5O. The van der Waals surface area contributed by atoms with Gasteiger partial charge in [-0.25, -0.2) is 4.99 Å². The number of aromatic amines is 1. The molecule has 6 nitrogen and oxygen atoms in total. The van der Waals surface area contributed by atoms with E-state index in [1.165, 1.54) is 0 Å². The van der Waals surface area contributed by atoms with Crippen molar-refractivity contribution in [1.29, 1.82) is 0 Å². The highest BCUT2D eigenvalue weighted by Gasteiger charge is 2.28. The third kappa shape index (κ3) is 3.14. The molecule has 26 heavy (non-hydrogen) atoms. The third-order valence-corrected chi connectivity index (χ3v) is 4.48. The highest BCUT2D eigenvalue weighted by Crippen LogP contribution is 2.26. The number of fused-ring (bicyclic) bond motifs is 1. The van der Waals surface area contributed by atoms with Crippen molar-refractivity contribution in [2.24, 2.45) is 16.5 Å². The first-order valence-electron chi connectivity index (χ1n) is 8.39. The van der Waals surface area contributed by atoms with Crippen LogP contribution >= 0.6 is 0 Å². The van der Waals surface area contributed by atoms with Gasteiger partial charge in [0.15, 0.2) is 5.96 Å². The van der Waals surface area contributed by atoms with Crippen LogP contribution in [0.5, 0.6) is 5.75 Å². The van der Waals surface area contributed by atoms with Crippen molar-refractivity contribution in [1.82, 2.24) is 10.3 Å². The average molecular weight is 347 g/mol. The number of aromatic nitrogens is 1. The highest BCUT2D eigenvalue weighted by molar-refractivity contribution is 5.89. The van der Waals surface area contributed by atoms with Crippen LogP contribution in [0.3, 0.4) is 0 Å². The number of ether oxygens (including phenoxy) is 1. The molecule has 0 radical (unpaired) electrons. The number of methoxy groups -OCH3 is 1. The molecule has 0 bridgehead atoms. The number of benzene rings is 2. The number of H-pyrrole nitrogens is 1. The second-order valence-corrected chi connectivity index (χ2v) is 6.50. The van der Waals surface area contributed by atoms with Crippen LogP contribution in [-0.4, -0.2) is 23.7 Å². The minimum absolute atomic E-state index is 0.301. The summed E-state index contributed by atoms with van der Waals surface area (Å²) in [5, 5.41) is 4.25. The predicted octanol–water partition coefficient (Wildman–Crippen LogP) is 2.33. The van der Waals surface area contributed by atoms with Crippen LogP contribution in [0.25, 0.3) is 16.6 Å². The molecule has 1 atom stereocenters. The van der Waals surface area contributed by atoms with Gasteiger partial charge in [0, 0.05) is 23.7 Å². The lowest BCUT2D eigenvalue weighted by atomic mass is 9.96. The Kier molecular flexibility index (Phi) is 3.89. The van der Waals surface area contributed by atoms with Gasteiger partial charge in [-0.1, -0.05) is 18.2 Å². The van der Waals surface area contributed by atoms with Crippen molar-refractivity contribution in [3.63, 3.8) is 0 Å². The smallest absolute Gasteiger partial charge is 0.195 e. The van der Waals surface area contributed by atoms with E-state index < -0.39 is 5.66 Å². The Hall–Kier alpha value is -3.25. The van der Waals surface area contributed by atoms with E-state index in [2.05, 4.69) is 33.5 Å². The van der Waals surface area contributed by atoms with Gasteiger partial charge in [-0.15, -0.1) is 0 Å². The van der Waals surface area contributed by atoms with Gasteiger partial charge in [-0.05, 0) is 47.4 Å². The van der Waals surface area contributed by atoms with E-state index in [1.54, 1.807) is 7.11 Å². The van der Waals surface area contributed by atoms with Crippen LogP contribution in [0.1, 0.15) is 11.1 Å². The van der Waals surface area contributed by atoms with Gasteiger partial charge in [-0.3, -0.25) is 0 Å². The standard InChI is InChI=1S/C20H21N5O/c1-26-16-4-2-3-14(10-16)18-12-20(22,25-19(21)24-18)11-13-5-6-17-15(9-13)7-8-23-17/h2-10,12,23H,11,22H2,1H3,(H3,21,24,25). The zero-order chi connectivity index (χ0) is 18.1. The van der Waals surface area contributed by atoms with Gasteiger partial charge in [0.25, 0.3) is 0 Å². The number of aliphatic imine (C=N–C) groups is 1. The Bertz CT molecular complexity index is 1020. The number of hydrogen-bond acceptors (Lipinski definition) is 5. The van der Waals surface area contributed by atoms with Gasteiger partial charge < -0.3 is 26.5 Å². The summed E-state index contributed by atoms with van der Waals surface area (Å²) in [4.78, 5) is 7.61. The van der Waals surface area contributed by atoms with E-state index in [0.717, 1.165) is 33.5 Å². The third-order valence-electron chi connectivity index (χ3n) is 4.48. The van der Waals surface area contributed by atoms with E-state index in [0.29, 0.717) is 12.4 Å². The lowest BCUT2D eigenvalue weighted by Crippen LogP contribution is -2.59. The first-order valence-corrected chi connectivity index (χ1v) is 8.39. The minimum Gasteiger partial charge on any atom is -0.497 e. The molecule has 6 heteroatoms. The molecule has 0 fully saturated rings. The Morgan fingerprint density at radius 3 is 2.88 bits per heavy atom. The summed E-state index contributed by atoms with van der Waals surface area (Å²) in [6, 6.07) is 16.0. The Balaban J connectivity index is 1.67. The van der Waals surface area contributed by atoms with E-state index in [4.69, 9.17) is 16.2 Å². The van der Waals surface area contributed by atoms with E-state index in [9.17, 15) is 0 Å². The van der Waals surface area contributed by atoms with Crippen molar-refractivity contribution in [2.45, 2.75) is 12.1 Å². The first kappa shape index (κ1) is 16.2. The topological polar surface area (TPSA) is 101 Å². The molecule has 132 valence electrons. The zero-order valence-corrected chi connectivity index (χ0v) is 14.5. The van der Waals surface area contributed by atoms with Crippen LogP contribution in [0.15, 0.2) is 65.8 Å². The normalized spacial score (nSPS) is 19.6. The summed E-state index contributed by atoms with van der Waals surface area (Å²) >= 11 is 0. The number of hydrogen-bond donors (Lipinski definition) is 4. The summed E-state index contributed by atoms with van der Waals surface area (Å²) in [7, 11) is 1.64. The lowest BCUT2D eigenvalue weighted by molar-refractivity contribution is 0.414. The molecule has 0 saturated carbocycles. The molecule has 1 aliphatic rings. The van der Waals surface area contributed by atoms with Gasteiger partial charge >= 0.3 is 0 Å². The Morgan fingerprint density at radius 2 is 2.04 bits per heavy atom. The van der Waals surface area contributed by atoms with Gasteiger partial charge in [-0.2, -0.15) is 0 Å². The van der Waals surface area contributed by atoms with Gasteiger partial charge in [0.1, 0.15) is 11.4 Å². The number of nitrogens with two attached hydrogens (primary N) is 2. The first-order chi connectivity index (χ1) is 12.5.